The van der Waals surface area contributed by atoms with Crippen molar-refractivity contribution in [1.82, 2.24) is 10.0 Å². The molecule has 0 spiro atoms. The standard InChI is InChI=1S/C6H8N2O2S/c1-8(10-2)6(9)5-3-7-4-11-5/h3-4H,1-2H3. The maximum Gasteiger partial charge on any atom is 0.288 e. The lowest BCUT2D eigenvalue weighted by molar-refractivity contribution is -0.0754. The number of thiazole rings is 1. The van der Waals surface area contributed by atoms with Crippen LogP contribution in [0.15, 0.2) is 11.7 Å². The molecule has 0 aliphatic heterocycles. The molecular weight excluding hydrogens is 164 g/mol. The first-order valence-electron chi connectivity index (χ1n) is 2.96. The minimum atomic E-state index is -0.171. The van der Waals surface area contributed by atoms with Crippen molar-refractivity contribution >= 4 is 17.2 Å². The van der Waals surface area contributed by atoms with Crippen molar-refractivity contribution in [3.63, 3.8) is 0 Å². The van der Waals surface area contributed by atoms with E-state index in [1.807, 2.05) is 0 Å². The molecule has 0 unspecified atom stereocenters. The van der Waals surface area contributed by atoms with Crippen molar-refractivity contribution in [1.29, 1.82) is 0 Å². The van der Waals surface area contributed by atoms with Gasteiger partial charge in [-0.1, -0.05) is 0 Å². The van der Waals surface area contributed by atoms with Crippen molar-refractivity contribution in [2.24, 2.45) is 0 Å². The first-order chi connectivity index (χ1) is 5.25. The summed E-state index contributed by atoms with van der Waals surface area (Å²) in [6, 6.07) is 0. The zero-order valence-electron chi connectivity index (χ0n) is 6.27. The van der Waals surface area contributed by atoms with Gasteiger partial charge in [0.25, 0.3) is 5.91 Å². The molecule has 0 N–H and O–H groups in total. The molecule has 60 valence electrons. The Morgan fingerprint density at radius 1 is 1.82 bits per heavy atom. The Morgan fingerprint density at radius 3 is 3.00 bits per heavy atom. The van der Waals surface area contributed by atoms with Gasteiger partial charge in [-0.2, -0.15) is 0 Å². The van der Waals surface area contributed by atoms with Crippen LogP contribution in [-0.4, -0.2) is 30.1 Å². The van der Waals surface area contributed by atoms with Crippen LogP contribution in [0.4, 0.5) is 0 Å². The Balaban J connectivity index is 2.70. The molecule has 0 bridgehead atoms. The van der Waals surface area contributed by atoms with Gasteiger partial charge in [0.1, 0.15) is 4.88 Å². The highest BCUT2D eigenvalue weighted by molar-refractivity contribution is 7.11. The zero-order chi connectivity index (χ0) is 8.27. The maximum atomic E-state index is 11.2. The van der Waals surface area contributed by atoms with Gasteiger partial charge in [0.2, 0.25) is 0 Å². The molecule has 1 heterocycles. The molecule has 0 aromatic carbocycles. The minimum Gasteiger partial charge on any atom is -0.274 e. The molecular formula is C6H8N2O2S. The van der Waals surface area contributed by atoms with E-state index in [2.05, 4.69) is 4.98 Å². The molecule has 0 atom stereocenters. The molecule has 0 saturated carbocycles. The first-order valence-corrected chi connectivity index (χ1v) is 3.84. The van der Waals surface area contributed by atoms with Crippen molar-refractivity contribution in [2.45, 2.75) is 0 Å². The second-order valence-electron chi connectivity index (χ2n) is 1.85. The molecule has 5 heteroatoms. The fraction of sp³-hybridized carbons (Fsp3) is 0.333. The number of carbonyl (C=O) groups is 1. The lowest BCUT2D eigenvalue weighted by atomic mass is 10.5. The van der Waals surface area contributed by atoms with Gasteiger partial charge in [-0.3, -0.25) is 14.6 Å². The summed E-state index contributed by atoms with van der Waals surface area (Å²) in [6.45, 7) is 0. The number of hydroxylamine groups is 2. The van der Waals surface area contributed by atoms with Gasteiger partial charge in [-0.15, -0.1) is 11.3 Å². The second-order valence-corrected chi connectivity index (χ2v) is 2.74. The average Bonchev–Trinajstić information content (AvgIpc) is 2.53. The number of rotatable bonds is 2. The molecule has 0 saturated heterocycles. The van der Waals surface area contributed by atoms with E-state index in [-0.39, 0.29) is 5.91 Å². The zero-order valence-corrected chi connectivity index (χ0v) is 7.09. The molecule has 0 aliphatic carbocycles. The van der Waals surface area contributed by atoms with Crippen molar-refractivity contribution in [3.8, 4) is 0 Å². The van der Waals surface area contributed by atoms with Gasteiger partial charge < -0.3 is 0 Å². The SMILES string of the molecule is CON(C)C(=O)c1cncs1. The summed E-state index contributed by atoms with van der Waals surface area (Å²) in [7, 11) is 3.00. The average molecular weight is 172 g/mol. The molecule has 1 aromatic heterocycles. The highest BCUT2D eigenvalue weighted by atomic mass is 32.1. The first kappa shape index (κ1) is 8.16. The largest absolute Gasteiger partial charge is 0.288 e. The van der Waals surface area contributed by atoms with E-state index in [0.717, 1.165) is 5.06 Å². The fourth-order valence-corrected chi connectivity index (χ4v) is 1.15. The molecule has 11 heavy (non-hydrogen) atoms. The highest BCUT2D eigenvalue weighted by Crippen LogP contribution is 2.07. The van der Waals surface area contributed by atoms with E-state index in [4.69, 9.17) is 4.84 Å². The fourth-order valence-electron chi connectivity index (χ4n) is 0.559. The van der Waals surface area contributed by atoms with Crippen LogP contribution in [0.25, 0.3) is 0 Å². The minimum absolute atomic E-state index is 0.171. The maximum absolute atomic E-state index is 11.2. The molecule has 4 nitrogen and oxygen atoms in total. The predicted molar refractivity (Wildman–Crippen MR) is 41.2 cm³/mol. The second kappa shape index (κ2) is 3.45. The van der Waals surface area contributed by atoms with E-state index >= 15 is 0 Å². The van der Waals surface area contributed by atoms with Crippen molar-refractivity contribution in [2.75, 3.05) is 14.2 Å². The Labute approximate surface area is 68.4 Å². The normalized spacial score (nSPS) is 9.64. The van der Waals surface area contributed by atoms with Crippen molar-refractivity contribution in [3.05, 3.63) is 16.6 Å². The summed E-state index contributed by atoms with van der Waals surface area (Å²) >= 11 is 1.29. The third-order valence-corrected chi connectivity index (χ3v) is 1.96. The summed E-state index contributed by atoms with van der Waals surface area (Å²) in [5.41, 5.74) is 1.61. The summed E-state index contributed by atoms with van der Waals surface area (Å²) in [6.07, 6.45) is 1.52. The Kier molecular flexibility index (Phi) is 2.56. The van der Waals surface area contributed by atoms with Crippen LogP contribution < -0.4 is 0 Å². The topological polar surface area (TPSA) is 42.4 Å². The van der Waals surface area contributed by atoms with Gasteiger partial charge >= 0.3 is 0 Å². The number of aromatic nitrogens is 1. The van der Waals surface area contributed by atoms with E-state index in [9.17, 15) is 4.79 Å². The summed E-state index contributed by atoms with van der Waals surface area (Å²) in [4.78, 5) is 20.3. The molecule has 1 aromatic rings. The lowest BCUT2D eigenvalue weighted by Crippen LogP contribution is -2.24. The third-order valence-electron chi connectivity index (χ3n) is 1.20. The van der Waals surface area contributed by atoms with Crippen LogP contribution in [0.5, 0.6) is 0 Å². The van der Waals surface area contributed by atoms with Crippen LogP contribution in [0.1, 0.15) is 9.67 Å². The lowest BCUT2D eigenvalue weighted by Gasteiger charge is -2.10. The number of nitrogens with zero attached hydrogens (tertiary/aromatic N) is 2. The Hall–Kier alpha value is -0.940. The molecule has 0 radical (unpaired) electrons. The molecule has 1 amide bonds. The van der Waals surface area contributed by atoms with Crippen LogP contribution in [0.2, 0.25) is 0 Å². The number of hydrogen-bond donors (Lipinski definition) is 0. The van der Waals surface area contributed by atoms with Crippen LogP contribution in [-0.2, 0) is 4.84 Å². The van der Waals surface area contributed by atoms with Gasteiger partial charge in [-0.25, -0.2) is 5.06 Å². The summed E-state index contributed by atoms with van der Waals surface area (Å²) in [5.74, 6) is -0.171. The number of amides is 1. The number of hydrogen-bond acceptors (Lipinski definition) is 4. The molecule has 0 fully saturated rings. The van der Waals surface area contributed by atoms with E-state index in [0.29, 0.717) is 4.88 Å². The van der Waals surface area contributed by atoms with Crippen molar-refractivity contribution < 1.29 is 9.63 Å². The van der Waals surface area contributed by atoms with E-state index in [1.54, 1.807) is 12.6 Å². The quantitative estimate of drug-likeness (QED) is 0.619. The summed E-state index contributed by atoms with van der Waals surface area (Å²) in [5, 5.41) is 1.16. The van der Waals surface area contributed by atoms with Gasteiger partial charge in [0.05, 0.1) is 18.8 Å². The third kappa shape index (κ3) is 1.75. The Morgan fingerprint density at radius 2 is 2.55 bits per heavy atom. The monoisotopic (exact) mass is 172 g/mol. The summed E-state index contributed by atoms with van der Waals surface area (Å²) < 4.78 is 0. The molecule has 1 rings (SSSR count). The van der Waals surface area contributed by atoms with Crippen LogP contribution in [0, 0.1) is 0 Å². The van der Waals surface area contributed by atoms with Crippen LogP contribution >= 0.6 is 11.3 Å². The predicted octanol–water partition coefficient (Wildman–Crippen LogP) is 0.776. The highest BCUT2D eigenvalue weighted by Gasteiger charge is 2.11. The van der Waals surface area contributed by atoms with E-state index < -0.39 is 0 Å². The smallest absolute Gasteiger partial charge is 0.274 e. The van der Waals surface area contributed by atoms with Crippen LogP contribution in [0.3, 0.4) is 0 Å². The van der Waals surface area contributed by atoms with Gasteiger partial charge in [0.15, 0.2) is 0 Å². The number of carbonyl (C=O) groups excluding carboxylic acids is 1. The molecule has 0 aliphatic rings. The Bertz CT molecular complexity index is 235. The van der Waals surface area contributed by atoms with E-state index in [1.165, 1.54) is 24.6 Å². The van der Waals surface area contributed by atoms with Gasteiger partial charge in [-0.05, 0) is 0 Å². The van der Waals surface area contributed by atoms with Gasteiger partial charge in [0, 0.05) is 7.05 Å².